The van der Waals surface area contributed by atoms with Gasteiger partial charge in [0.2, 0.25) is 0 Å². The molecule has 0 bridgehead atoms. The number of hydrogen-bond donors (Lipinski definition) is 0. The van der Waals surface area contributed by atoms with E-state index in [1.54, 1.807) is 0 Å². The molecule has 3 aromatic heterocycles. The molecule has 640 valence electrons. The van der Waals surface area contributed by atoms with E-state index in [9.17, 15) is 0 Å². The van der Waals surface area contributed by atoms with Crippen LogP contribution in [0.25, 0.3) is 215 Å². The normalized spacial score (nSPS) is 12.7. The molecule has 4 aliphatic rings. The Morgan fingerprint density at radius 3 is 0.844 bits per heavy atom. The Hall–Kier alpha value is -17.0. The molecule has 0 saturated heterocycles. The molecule has 9 heteroatoms. The van der Waals surface area contributed by atoms with Crippen LogP contribution in [0.15, 0.2) is 406 Å². The first-order valence-corrected chi connectivity index (χ1v) is 47.0. The lowest BCUT2D eigenvalue weighted by Crippen LogP contribution is -2.14. The van der Waals surface area contributed by atoms with Gasteiger partial charge >= 0.3 is 0 Å². The Morgan fingerprint density at radius 2 is 0.467 bits per heavy atom. The second-order valence-electron chi connectivity index (χ2n) is 36.1. The number of hydrogen-bond acceptors (Lipinski definition) is 6. The molecule has 0 saturated carbocycles. The van der Waals surface area contributed by atoms with Gasteiger partial charge in [0.1, 0.15) is 34.0 Å². The molecule has 9 nitrogen and oxygen atoms in total. The Balaban J connectivity index is 0.000000105. The van der Waals surface area contributed by atoms with E-state index in [2.05, 4.69) is 418 Å². The summed E-state index contributed by atoms with van der Waals surface area (Å²) in [5.41, 5.74) is 34.0. The zero-order valence-corrected chi connectivity index (χ0v) is 75.2. The van der Waals surface area contributed by atoms with E-state index >= 15 is 0 Å². The van der Waals surface area contributed by atoms with Crippen molar-refractivity contribution in [1.82, 2.24) is 28.7 Å². The quantitative estimate of drug-likeness (QED) is 0.120. The molecule has 0 atom stereocenters. The molecule has 0 unspecified atom stereocenters. The van der Waals surface area contributed by atoms with Gasteiger partial charge in [-0.25, -0.2) is 15.0 Å². The van der Waals surface area contributed by atoms with E-state index in [0.717, 1.165) is 138 Å². The average Bonchev–Trinajstić information content (AvgIpc) is 1.70. The van der Waals surface area contributed by atoms with Crippen molar-refractivity contribution in [2.45, 2.75) is 59.3 Å². The number of imidazole rings is 3. The van der Waals surface area contributed by atoms with Gasteiger partial charge in [-0.3, -0.25) is 13.7 Å². The van der Waals surface area contributed by atoms with Crippen LogP contribution in [0.1, 0.15) is 63.2 Å². The summed E-state index contributed by atoms with van der Waals surface area (Å²) in [6.45, 7) is 11.2. The van der Waals surface area contributed by atoms with Crippen LogP contribution in [-0.4, -0.2) is 28.7 Å². The van der Waals surface area contributed by atoms with Gasteiger partial charge in [-0.15, -0.1) is 0 Å². The monoisotopic (exact) mass is 1730 g/mol. The van der Waals surface area contributed by atoms with Crippen LogP contribution < -0.4 is 14.2 Å². The number of ether oxygens (including phenoxy) is 3. The van der Waals surface area contributed by atoms with Gasteiger partial charge in [-0.05, 0) is 226 Å². The third kappa shape index (κ3) is 12.3. The van der Waals surface area contributed by atoms with Crippen molar-refractivity contribution in [3.05, 3.63) is 435 Å². The van der Waals surface area contributed by atoms with Crippen LogP contribution >= 0.6 is 0 Å². The highest BCUT2D eigenvalue weighted by Crippen LogP contribution is 2.58. The average molecular weight is 1730 g/mol. The van der Waals surface area contributed by atoms with Crippen molar-refractivity contribution in [2.75, 3.05) is 0 Å². The Kier molecular flexibility index (Phi) is 18.4. The Bertz CT molecular complexity index is 8900. The Labute approximate surface area is 781 Å². The summed E-state index contributed by atoms with van der Waals surface area (Å²) in [5.74, 6) is 8.22. The highest BCUT2D eigenvalue weighted by molar-refractivity contribution is 6.26. The predicted molar refractivity (Wildman–Crippen MR) is 558 cm³/mol. The van der Waals surface area contributed by atoms with Crippen LogP contribution in [0.5, 0.6) is 34.5 Å². The smallest absolute Gasteiger partial charge is 0.153 e. The SMILES string of the molecule is CCc1nc2cccc3c2n1-c1c(cccc1-c1c2ccccc2c(-c2ccc(-c4ccccc4)cc2)c2ccccc12)O3.CCc1nc2cccc3c2n1-c1c(cccc1-c1c2ccccc2c(-c2ccc4c(c2)C(C)(C)c2ccccc2-4)c2ccccc12)O3.CCc1nc2cccc3c2n1-c1c(cccc1-c1c2ccccc2c(-c2cccc(-c4ccccc4)c2)c2ccccc12)O3. The second-order valence-corrected chi connectivity index (χ2v) is 36.1. The zero-order chi connectivity index (χ0) is 89.8. The highest BCUT2D eigenvalue weighted by atomic mass is 16.5. The topological polar surface area (TPSA) is 81.1 Å². The van der Waals surface area contributed by atoms with E-state index < -0.39 is 0 Å². The second kappa shape index (κ2) is 31.4. The molecule has 0 N–H and O–H groups in total. The molecule has 0 fully saturated rings. The van der Waals surface area contributed by atoms with Gasteiger partial charge < -0.3 is 14.2 Å². The van der Waals surface area contributed by atoms with Crippen molar-refractivity contribution < 1.29 is 14.2 Å². The molecule has 6 heterocycles. The van der Waals surface area contributed by atoms with Crippen LogP contribution in [-0.2, 0) is 24.7 Å². The number of fused-ring (bicyclic) bond motifs is 15. The molecule has 21 aromatic carbocycles. The van der Waals surface area contributed by atoms with Gasteiger partial charge in [0.15, 0.2) is 34.5 Å². The van der Waals surface area contributed by atoms with Crippen LogP contribution in [0.3, 0.4) is 0 Å². The first kappa shape index (κ1) is 79.0. The molecular formula is C126H88N6O3. The maximum atomic E-state index is 6.61. The van der Waals surface area contributed by atoms with Crippen LogP contribution in [0.2, 0.25) is 0 Å². The predicted octanol–water partition coefficient (Wildman–Crippen LogP) is 33.6. The van der Waals surface area contributed by atoms with Crippen molar-refractivity contribution >= 4 is 97.7 Å². The molecule has 28 rings (SSSR count). The number of aryl methyl sites for hydroxylation is 3. The number of para-hydroxylation sites is 6. The maximum Gasteiger partial charge on any atom is 0.153 e. The van der Waals surface area contributed by atoms with Gasteiger partial charge in [0.05, 0.1) is 33.6 Å². The molecule has 0 spiro atoms. The summed E-state index contributed by atoms with van der Waals surface area (Å²) >= 11 is 0. The Morgan fingerprint density at radius 1 is 0.207 bits per heavy atom. The highest BCUT2D eigenvalue weighted by Gasteiger charge is 2.38. The van der Waals surface area contributed by atoms with E-state index in [0.29, 0.717) is 0 Å². The minimum absolute atomic E-state index is 0.0694. The van der Waals surface area contributed by atoms with E-state index in [4.69, 9.17) is 29.2 Å². The van der Waals surface area contributed by atoms with Gasteiger partial charge in [0.25, 0.3) is 0 Å². The largest absolute Gasteiger partial charge is 0.453 e. The number of nitrogens with zero attached hydrogens (tertiary/aromatic N) is 6. The van der Waals surface area contributed by atoms with Crippen molar-refractivity contribution in [2.24, 2.45) is 0 Å². The van der Waals surface area contributed by atoms with E-state index in [1.807, 2.05) is 36.4 Å². The summed E-state index contributed by atoms with van der Waals surface area (Å²) < 4.78 is 26.8. The number of aromatic nitrogens is 6. The van der Waals surface area contributed by atoms with Crippen LogP contribution in [0, 0.1) is 0 Å². The van der Waals surface area contributed by atoms with Crippen molar-refractivity contribution in [3.8, 4) is 152 Å². The minimum atomic E-state index is -0.0694. The fourth-order valence-electron chi connectivity index (χ4n) is 22.6. The molecule has 3 aliphatic heterocycles. The summed E-state index contributed by atoms with van der Waals surface area (Å²) in [6.07, 6.45) is 2.46. The third-order valence-electron chi connectivity index (χ3n) is 28.4. The molecule has 0 radical (unpaired) electrons. The fraction of sp³-hybridized carbons (Fsp3) is 0.0714. The molecule has 24 aromatic rings. The van der Waals surface area contributed by atoms with Crippen LogP contribution in [0.4, 0.5) is 0 Å². The van der Waals surface area contributed by atoms with Gasteiger partial charge in [-0.2, -0.15) is 0 Å². The first-order chi connectivity index (χ1) is 66.6. The number of rotatable bonds is 11. The van der Waals surface area contributed by atoms with Gasteiger partial charge in [-0.1, -0.05) is 374 Å². The molecule has 1 aliphatic carbocycles. The fourth-order valence-corrected chi connectivity index (χ4v) is 22.6. The zero-order valence-electron chi connectivity index (χ0n) is 75.2. The summed E-state index contributed by atoms with van der Waals surface area (Å²) in [6, 6.07) is 146. The number of benzene rings is 21. The molecule has 135 heavy (non-hydrogen) atoms. The molecule has 0 amide bonds. The first-order valence-electron chi connectivity index (χ1n) is 47.0. The maximum absolute atomic E-state index is 6.61. The summed E-state index contributed by atoms with van der Waals surface area (Å²) in [5, 5.41) is 14.7. The van der Waals surface area contributed by atoms with E-state index in [1.165, 1.54) is 159 Å². The summed E-state index contributed by atoms with van der Waals surface area (Å²) in [7, 11) is 0. The van der Waals surface area contributed by atoms with Crippen molar-refractivity contribution in [3.63, 3.8) is 0 Å². The standard InChI is InChI=1S/C44H32N2O.2C41H28N2O/c1-4-39-45-36-20-12-22-38-43(36)46(39)42-33(18-11-21-37(42)47-38)41-31-16-7-5-14-29(31)40(30-15-6-8-17-32(30)41)26-23-24-28-27-13-9-10-19-34(27)44(2,3)35(28)25-26;1-2-37-42-34-22-12-24-36-41(34)43(37)40-33(21-11-23-35(40)44-36)39-31-19-8-6-17-29(31)38(30-18-7-9-20-32(30)39)28-16-10-15-27(25-28)26-13-4-3-5-14-26;1-2-37-42-34-19-11-21-36-41(34)43(37)40-33(18-10-20-35(40)44-36)39-31-16-8-6-14-29(31)38(30-15-7-9-17-32(30)39)28-24-22-27(23-25-28)26-12-4-3-5-13-26/h5-25H,4H2,1-3H3;2*3-25H,2H2,1H3. The lowest BCUT2D eigenvalue weighted by atomic mass is 9.80. The van der Waals surface area contributed by atoms with E-state index in [-0.39, 0.29) is 5.41 Å². The minimum Gasteiger partial charge on any atom is -0.453 e. The lowest BCUT2D eigenvalue weighted by molar-refractivity contribution is 0.474. The van der Waals surface area contributed by atoms with Gasteiger partial charge in [0, 0.05) is 41.4 Å². The summed E-state index contributed by atoms with van der Waals surface area (Å²) in [4.78, 5) is 15.1. The third-order valence-corrected chi connectivity index (χ3v) is 28.4. The lowest BCUT2D eigenvalue weighted by Gasteiger charge is -2.26. The molecular weight excluding hydrogens is 1650 g/mol. The van der Waals surface area contributed by atoms with Crippen molar-refractivity contribution in [1.29, 1.82) is 0 Å².